The summed E-state index contributed by atoms with van der Waals surface area (Å²) in [4.78, 5) is 0. The van der Waals surface area contributed by atoms with Crippen LogP contribution in [0.1, 0.15) is 43.2 Å². The summed E-state index contributed by atoms with van der Waals surface area (Å²) in [5.74, 6) is 7.28. The molecule has 1 aromatic rings. The minimum absolute atomic E-state index is 0.375. The third-order valence-corrected chi connectivity index (χ3v) is 3.48. The van der Waals surface area contributed by atoms with Crippen LogP contribution in [0.5, 0.6) is 5.75 Å². The largest absolute Gasteiger partial charge is 0.490 e. The van der Waals surface area contributed by atoms with Crippen molar-refractivity contribution in [3.63, 3.8) is 0 Å². The normalized spacial score (nSPS) is 15.9. The van der Waals surface area contributed by atoms with Gasteiger partial charge in [0.1, 0.15) is 5.75 Å². The first-order valence-corrected chi connectivity index (χ1v) is 7.15. The van der Waals surface area contributed by atoms with Crippen molar-refractivity contribution in [2.24, 2.45) is 0 Å². The van der Waals surface area contributed by atoms with Gasteiger partial charge in [-0.25, -0.2) is 0 Å². The average molecular weight is 263 g/mol. The van der Waals surface area contributed by atoms with Crippen LogP contribution in [-0.2, 0) is 0 Å². The van der Waals surface area contributed by atoms with Crippen molar-refractivity contribution in [3.05, 3.63) is 29.3 Å². The van der Waals surface area contributed by atoms with Gasteiger partial charge in [0, 0.05) is 5.56 Å². The quantitative estimate of drug-likeness (QED) is 0.570. The van der Waals surface area contributed by atoms with E-state index in [1.165, 1.54) is 32.1 Å². The van der Waals surface area contributed by atoms with Crippen LogP contribution in [0.2, 0.25) is 0 Å². The van der Waals surface area contributed by atoms with Crippen LogP contribution in [0.4, 0.5) is 0 Å². The number of hydrogen-bond donors (Lipinski definition) is 0. The summed E-state index contributed by atoms with van der Waals surface area (Å²) >= 11 is 5.57. The SMILES string of the molecule is Cc1cc(OC2CCCCC2)ccc1C#CCCl. The third-order valence-electron chi connectivity index (χ3n) is 3.34. The Labute approximate surface area is 114 Å². The topological polar surface area (TPSA) is 9.23 Å². The van der Waals surface area contributed by atoms with Crippen molar-refractivity contribution in [3.8, 4) is 17.6 Å². The molecule has 0 N–H and O–H groups in total. The maximum absolute atomic E-state index is 6.02. The second-order valence-corrected chi connectivity index (χ2v) is 5.06. The standard InChI is InChI=1S/C16H19ClO/c1-13-12-16(10-9-14(13)6-5-11-17)18-15-7-3-2-4-8-15/h9-10,12,15H,2-4,7-8,11H2,1H3. The van der Waals surface area contributed by atoms with Crippen LogP contribution < -0.4 is 4.74 Å². The molecule has 0 atom stereocenters. The summed E-state index contributed by atoms with van der Waals surface area (Å²) in [7, 11) is 0. The zero-order valence-corrected chi connectivity index (χ0v) is 11.6. The van der Waals surface area contributed by atoms with E-state index in [1.807, 2.05) is 12.1 Å². The Hall–Kier alpha value is -1.13. The van der Waals surface area contributed by atoms with E-state index in [-0.39, 0.29) is 0 Å². The lowest BCUT2D eigenvalue weighted by Gasteiger charge is -2.23. The molecule has 0 unspecified atom stereocenters. The fourth-order valence-corrected chi connectivity index (χ4v) is 2.42. The first kappa shape index (κ1) is 13.3. The number of benzene rings is 1. The molecule has 18 heavy (non-hydrogen) atoms. The van der Waals surface area contributed by atoms with E-state index in [1.54, 1.807) is 0 Å². The number of aryl methyl sites for hydroxylation is 1. The average Bonchev–Trinajstić information content (AvgIpc) is 2.39. The van der Waals surface area contributed by atoms with Crippen molar-refractivity contribution in [2.45, 2.75) is 45.1 Å². The summed E-state index contributed by atoms with van der Waals surface area (Å²) in [5.41, 5.74) is 2.19. The van der Waals surface area contributed by atoms with Crippen LogP contribution in [-0.4, -0.2) is 12.0 Å². The molecule has 2 heteroatoms. The highest BCUT2D eigenvalue weighted by Crippen LogP contribution is 2.24. The lowest BCUT2D eigenvalue weighted by molar-refractivity contribution is 0.155. The molecule has 2 rings (SSSR count). The van der Waals surface area contributed by atoms with Crippen molar-refractivity contribution >= 4 is 11.6 Å². The summed E-state index contributed by atoms with van der Waals surface area (Å²) in [6.07, 6.45) is 6.72. The molecule has 0 aliphatic heterocycles. The molecule has 96 valence electrons. The van der Waals surface area contributed by atoms with Gasteiger partial charge in [0.2, 0.25) is 0 Å². The molecule has 1 saturated carbocycles. The predicted molar refractivity (Wildman–Crippen MR) is 76.3 cm³/mol. The number of halogens is 1. The number of ether oxygens (including phenoxy) is 1. The maximum Gasteiger partial charge on any atom is 0.120 e. The molecule has 1 nitrogen and oxygen atoms in total. The van der Waals surface area contributed by atoms with Crippen molar-refractivity contribution in [1.82, 2.24) is 0 Å². The van der Waals surface area contributed by atoms with Crippen molar-refractivity contribution < 1.29 is 4.74 Å². The Kier molecular flexibility index (Phi) is 4.96. The molecule has 0 bridgehead atoms. The van der Waals surface area contributed by atoms with Gasteiger partial charge in [-0.15, -0.1) is 11.6 Å². The lowest BCUT2D eigenvalue weighted by Crippen LogP contribution is -2.19. The highest BCUT2D eigenvalue weighted by molar-refractivity contribution is 6.19. The molecule has 0 heterocycles. The predicted octanol–water partition coefficient (Wildman–Crippen LogP) is 4.30. The monoisotopic (exact) mass is 262 g/mol. The second-order valence-electron chi connectivity index (χ2n) is 4.79. The van der Waals surface area contributed by atoms with Gasteiger partial charge < -0.3 is 4.74 Å². The zero-order valence-electron chi connectivity index (χ0n) is 10.8. The molecule has 1 aliphatic carbocycles. The fourth-order valence-electron chi connectivity index (χ4n) is 2.35. The van der Waals surface area contributed by atoms with E-state index in [9.17, 15) is 0 Å². The molecule has 0 radical (unpaired) electrons. The van der Waals surface area contributed by atoms with Gasteiger partial charge in [0.05, 0.1) is 12.0 Å². The smallest absolute Gasteiger partial charge is 0.120 e. The Morgan fingerprint density at radius 2 is 2.06 bits per heavy atom. The van der Waals surface area contributed by atoms with E-state index in [4.69, 9.17) is 16.3 Å². The molecule has 1 aliphatic rings. The Bertz CT molecular complexity index is 450. The zero-order chi connectivity index (χ0) is 12.8. The summed E-state index contributed by atoms with van der Waals surface area (Å²) in [6.45, 7) is 2.06. The van der Waals surface area contributed by atoms with Gasteiger partial charge in [-0.2, -0.15) is 0 Å². The van der Waals surface area contributed by atoms with Gasteiger partial charge in [0.25, 0.3) is 0 Å². The van der Waals surface area contributed by atoms with Crippen molar-refractivity contribution in [2.75, 3.05) is 5.88 Å². The Morgan fingerprint density at radius 3 is 2.72 bits per heavy atom. The van der Waals surface area contributed by atoms with Crippen LogP contribution in [0, 0.1) is 18.8 Å². The Balaban J connectivity index is 2.03. The molecule has 0 amide bonds. The van der Waals surface area contributed by atoms with E-state index < -0.39 is 0 Å². The Morgan fingerprint density at radius 1 is 1.28 bits per heavy atom. The lowest BCUT2D eigenvalue weighted by atomic mass is 9.98. The van der Waals surface area contributed by atoms with Gasteiger partial charge in [0.15, 0.2) is 0 Å². The molecule has 0 aromatic heterocycles. The minimum atomic E-state index is 0.375. The molecule has 0 spiro atoms. The van der Waals surface area contributed by atoms with Gasteiger partial charge in [-0.1, -0.05) is 18.3 Å². The highest BCUT2D eigenvalue weighted by Gasteiger charge is 2.14. The van der Waals surface area contributed by atoms with Gasteiger partial charge >= 0.3 is 0 Å². The summed E-state index contributed by atoms with van der Waals surface area (Å²) in [6, 6.07) is 6.11. The fraction of sp³-hybridized carbons (Fsp3) is 0.500. The van der Waals surface area contributed by atoms with E-state index in [0.717, 1.165) is 16.9 Å². The first-order chi connectivity index (χ1) is 8.79. The summed E-state index contributed by atoms with van der Waals surface area (Å²) < 4.78 is 6.02. The second kappa shape index (κ2) is 6.71. The molecular weight excluding hydrogens is 244 g/mol. The molecule has 1 fully saturated rings. The van der Waals surface area contributed by atoms with Crippen LogP contribution >= 0.6 is 11.6 Å². The number of hydrogen-bond acceptors (Lipinski definition) is 1. The maximum atomic E-state index is 6.02. The van der Waals surface area contributed by atoms with Crippen LogP contribution in [0.15, 0.2) is 18.2 Å². The minimum Gasteiger partial charge on any atom is -0.490 e. The molecule has 0 saturated heterocycles. The van der Waals surface area contributed by atoms with Crippen molar-refractivity contribution in [1.29, 1.82) is 0 Å². The van der Waals surface area contributed by atoms with E-state index in [0.29, 0.717) is 12.0 Å². The third kappa shape index (κ3) is 3.68. The molecular formula is C16H19ClO. The van der Waals surface area contributed by atoms with Gasteiger partial charge in [-0.05, 0) is 56.4 Å². The van der Waals surface area contributed by atoms with Crippen LogP contribution in [0.3, 0.4) is 0 Å². The number of rotatable bonds is 2. The first-order valence-electron chi connectivity index (χ1n) is 6.62. The van der Waals surface area contributed by atoms with E-state index >= 15 is 0 Å². The van der Waals surface area contributed by atoms with Gasteiger partial charge in [-0.3, -0.25) is 0 Å². The highest BCUT2D eigenvalue weighted by atomic mass is 35.5. The number of alkyl halides is 1. The summed E-state index contributed by atoms with van der Waals surface area (Å²) in [5, 5.41) is 0. The molecule has 1 aromatic carbocycles. The van der Waals surface area contributed by atoms with Crippen LogP contribution in [0.25, 0.3) is 0 Å². The van der Waals surface area contributed by atoms with E-state index in [2.05, 4.69) is 24.8 Å².